The van der Waals surface area contributed by atoms with Crippen molar-refractivity contribution in [1.29, 1.82) is 0 Å². The summed E-state index contributed by atoms with van der Waals surface area (Å²) in [5.74, 6) is 2.00. The first-order valence-corrected chi connectivity index (χ1v) is 5.58. The number of hydrogen-bond donors (Lipinski definition) is 3. The van der Waals surface area contributed by atoms with E-state index in [-0.39, 0.29) is 19.0 Å². The smallest absolute Gasteiger partial charge is 0.231 e. The average molecular weight is 248 g/mol. The van der Waals surface area contributed by atoms with Gasteiger partial charge in [-0.15, -0.1) is 10.2 Å². The molecule has 5 rings (SSSR count). The summed E-state index contributed by atoms with van der Waals surface area (Å²) in [5.41, 5.74) is 15.7. The van der Waals surface area contributed by atoms with Crippen molar-refractivity contribution in [3.05, 3.63) is 18.2 Å². The predicted octanol–water partition coefficient (Wildman–Crippen LogP) is -0.786. The molecule has 8 heteroatoms. The van der Waals surface area contributed by atoms with Crippen molar-refractivity contribution in [2.45, 2.75) is 12.2 Å². The highest BCUT2D eigenvalue weighted by Crippen LogP contribution is 2.36. The van der Waals surface area contributed by atoms with E-state index in [2.05, 4.69) is 10.5 Å². The lowest BCUT2D eigenvalue weighted by Gasteiger charge is -2.46. The quantitative estimate of drug-likeness (QED) is 0.630. The summed E-state index contributed by atoms with van der Waals surface area (Å²) < 4.78 is 10.6. The molecule has 8 nitrogen and oxygen atoms in total. The number of benzene rings is 1. The molecule has 2 bridgehead atoms. The van der Waals surface area contributed by atoms with Crippen LogP contribution in [0.5, 0.6) is 11.5 Å². The maximum Gasteiger partial charge on any atom is 0.231 e. The molecule has 1 fully saturated rings. The van der Waals surface area contributed by atoms with E-state index in [1.807, 2.05) is 18.2 Å². The molecule has 4 heterocycles. The Morgan fingerprint density at radius 1 is 1.33 bits per heavy atom. The molecule has 1 aromatic rings. The van der Waals surface area contributed by atoms with Crippen LogP contribution in [0.3, 0.4) is 0 Å². The summed E-state index contributed by atoms with van der Waals surface area (Å²) in [5, 5.41) is 7.51. The summed E-state index contributed by atoms with van der Waals surface area (Å²) in [7, 11) is 0. The SMILES string of the molecule is NC1=NN2C(N)C1N2Nc1ccc2c(c1)OCO2. The van der Waals surface area contributed by atoms with E-state index in [9.17, 15) is 0 Å². The largest absolute Gasteiger partial charge is 0.454 e. The van der Waals surface area contributed by atoms with E-state index in [4.69, 9.17) is 20.9 Å². The second-order valence-electron chi connectivity index (χ2n) is 4.31. The number of nitrogens with two attached hydrogens (primary N) is 2. The van der Waals surface area contributed by atoms with Gasteiger partial charge in [0, 0.05) is 6.07 Å². The Bertz CT molecular complexity index is 547. The molecule has 0 aliphatic carbocycles. The van der Waals surface area contributed by atoms with Crippen molar-refractivity contribution >= 4 is 11.5 Å². The van der Waals surface area contributed by atoms with Crippen LogP contribution in [0.15, 0.2) is 23.3 Å². The van der Waals surface area contributed by atoms with Crippen molar-refractivity contribution in [1.82, 2.24) is 10.2 Å². The molecule has 5 N–H and O–H groups in total. The third-order valence-electron chi connectivity index (χ3n) is 3.21. The second kappa shape index (κ2) is 3.18. The fourth-order valence-electron chi connectivity index (χ4n) is 2.28. The van der Waals surface area contributed by atoms with Gasteiger partial charge in [0.05, 0.1) is 5.69 Å². The Labute approximate surface area is 103 Å². The molecule has 0 amide bonds. The first-order valence-electron chi connectivity index (χ1n) is 5.58. The van der Waals surface area contributed by atoms with Crippen LogP contribution in [0, 0.1) is 0 Å². The molecule has 94 valence electrons. The zero-order valence-electron chi connectivity index (χ0n) is 9.41. The van der Waals surface area contributed by atoms with Crippen LogP contribution in [0.4, 0.5) is 5.69 Å². The van der Waals surface area contributed by atoms with Crippen LogP contribution in [0.2, 0.25) is 0 Å². The van der Waals surface area contributed by atoms with Crippen LogP contribution in [-0.4, -0.2) is 35.1 Å². The van der Waals surface area contributed by atoms with Crippen molar-refractivity contribution in [2.75, 3.05) is 12.2 Å². The highest BCUT2D eigenvalue weighted by Gasteiger charge is 2.53. The molecular formula is C10H12N6O2. The van der Waals surface area contributed by atoms with E-state index in [0.29, 0.717) is 5.84 Å². The van der Waals surface area contributed by atoms with Gasteiger partial charge in [-0.1, -0.05) is 0 Å². The first-order chi connectivity index (χ1) is 8.74. The van der Waals surface area contributed by atoms with Crippen molar-refractivity contribution < 1.29 is 9.47 Å². The van der Waals surface area contributed by atoms with Gasteiger partial charge in [-0.2, -0.15) is 5.12 Å². The molecule has 1 saturated heterocycles. The van der Waals surface area contributed by atoms with Gasteiger partial charge in [0.15, 0.2) is 11.5 Å². The zero-order chi connectivity index (χ0) is 12.3. The fraction of sp³-hybridized carbons (Fsp3) is 0.300. The molecule has 2 unspecified atom stereocenters. The topological polar surface area (TPSA) is 101 Å². The Balaban J connectivity index is 1.54. The average Bonchev–Trinajstić information content (AvgIpc) is 3.01. The Kier molecular flexibility index (Phi) is 1.73. The van der Waals surface area contributed by atoms with Gasteiger partial charge < -0.3 is 20.9 Å². The third-order valence-corrected chi connectivity index (χ3v) is 3.21. The van der Waals surface area contributed by atoms with Crippen LogP contribution >= 0.6 is 0 Å². The van der Waals surface area contributed by atoms with Gasteiger partial charge in [0.1, 0.15) is 18.0 Å². The van der Waals surface area contributed by atoms with E-state index in [1.54, 1.807) is 10.2 Å². The molecule has 0 saturated carbocycles. The first kappa shape index (κ1) is 9.80. The Morgan fingerprint density at radius 3 is 2.89 bits per heavy atom. The zero-order valence-corrected chi connectivity index (χ0v) is 9.41. The van der Waals surface area contributed by atoms with Crippen LogP contribution in [0.25, 0.3) is 0 Å². The normalized spacial score (nSPS) is 28.1. The highest BCUT2D eigenvalue weighted by molar-refractivity contribution is 5.89. The van der Waals surface area contributed by atoms with Crippen molar-refractivity contribution in [3.8, 4) is 11.5 Å². The summed E-state index contributed by atoms with van der Waals surface area (Å²) in [4.78, 5) is 0. The van der Waals surface area contributed by atoms with E-state index >= 15 is 0 Å². The van der Waals surface area contributed by atoms with Gasteiger partial charge in [-0.05, 0) is 12.1 Å². The van der Waals surface area contributed by atoms with Crippen molar-refractivity contribution in [2.24, 2.45) is 16.6 Å². The minimum absolute atomic E-state index is 0.0876. The summed E-state index contributed by atoms with van der Waals surface area (Å²) in [6, 6.07) is 5.53. The van der Waals surface area contributed by atoms with E-state index in [0.717, 1.165) is 17.2 Å². The van der Waals surface area contributed by atoms with E-state index < -0.39 is 0 Å². The number of hydrazine groups is 2. The number of nitrogens with one attached hydrogen (secondary N) is 1. The summed E-state index contributed by atoms with van der Waals surface area (Å²) >= 11 is 0. The molecule has 18 heavy (non-hydrogen) atoms. The van der Waals surface area contributed by atoms with E-state index in [1.165, 1.54) is 0 Å². The maximum atomic E-state index is 5.86. The fourth-order valence-corrected chi connectivity index (χ4v) is 2.28. The lowest BCUT2D eigenvalue weighted by atomic mass is 10.2. The number of hydrazone groups is 1. The number of amidine groups is 1. The van der Waals surface area contributed by atoms with Gasteiger partial charge in [0.25, 0.3) is 0 Å². The number of fused-ring (bicyclic) bond motifs is 1. The van der Waals surface area contributed by atoms with Crippen LogP contribution in [0.1, 0.15) is 0 Å². The maximum absolute atomic E-state index is 5.86. The molecule has 4 aliphatic rings. The third kappa shape index (κ3) is 1.13. The van der Waals surface area contributed by atoms with Gasteiger partial charge in [-0.25, -0.2) is 0 Å². The Morgan fingerprint density at radius 2 is 2.17 bits per heavy atom. The minimum atomic E-state index is -0.175. The van der Waals surface area contributed by atoms with Crippen LogP contribution < -0.4 is 26.4 Å². The highest BCUT2D eigenvalue weighted by atomic mass is 16.7. The van der Waals surface area contributed by atoms with Gasteiger partial charge >= 0.3 is 0 Å². The molecule has 2 atom stereocenters. The van der Waals surface area contributed by atoms with Gasteiger partial charge in [-0.3, -0.25) is 5.43 Å². The monoisotopic (exact) mass is 248 g/mol. The number of hydrogen-bond acceptors (Lipinski definition) is 8. The number of nitrogens with zero attached hydrogens (tertiary/aromatic N) is 3. The molecule has 1 aromatic carbocycles. The molecule has 4 aliphatic heterocycles. The van der Waals surface area contributed by atoms with Crippen LogP contribution in [-0.2, 0) is 0 Å². The molecule has 0 aromatic heterocycles. The minimum Gasteiger partial charge on any atom is -0.454 e. The molecule has 0 spiro atoms. The lowest BCUT2D eigenvalue weighted by molar-refractivity contribution is -0.143. The predicted molar refractivity (Wildman–Crippen MR) is 63.3 cm³/mol. The molecular weight excluding hydrogens is 236 g/mol. The lowest BCUT2D eigenvalue weighted by Crippen LogP contribution is -2.72. The standard InChI is InChI=1S/C10H12N6O2/c11-9-8-10(12)16(14-9)15(8)13-5-1-2-6-7(3-5)18-4-17-6/h1-3,8,10,13H,4,12H2,(H2,11,14). The number of anilines is 1. The second-order valence-corrected chi connectivity index (χ2v) is 4.31. The summed E-state index contributed by atoms with van der Waals surface area (Å²) in [6.45, 7) is 0.262. The van der Waals surface area contributed by atoms with Gasteiger partial charge in [0.2, 0.25) is 6.79 Å². The summed E-state index contributed by atoms with van der Waals surface area (Å²) in [6.07, 6.45) is -0.175. The Hall–Kier alpha value is -2.19. The molecule has 0 radical (unpaired) electrons. The van der Waals surface area contributed by atoms with Crippen molar-refractivity contribution in [3.63, 3.8) is 0 Å². The number of ether oxygens (including phenoxy) is 2. The number of rotatable bonds is 2.